The number of benzene rings is 2. The maximum Gasteiger partial charge on any atom is 0.418 e. The molecule has 0 spiro atoms. The van der Waals surface area contributed by atoms with Crippen LogP contribution in [0.15, 0.2) is 36.4 Å². The van der Waals surface area contributed by atoms with E-state index >= 15 is 0 Å². The van der Waals surface area contributed by atoms with E-state index in [1.54, 1.807) is 45.0 Å². The molecule has 7 nitrogen and oxygen atoms in total. The Morgan fingerprint density at radius 1 is 0.919 bits per heavy atom. The van der Waals surface area contributed by atoms with Crippen molar-refractivity contribution in [3.05, 3.63) is 63.1 Å². The SMILES string of the molecule is CC(CO)(CC(O)C(C)(C)NCC(O)c1ccccc1Cl)NCC(O)c1cc(Cl)c(N)c(C(F)(F)F)c1. The molecule has 2 aromatic carbocycles. The summed E-state index contributed by atoms with van der Waals surface area (Å²) in [6.07, 6.45) is -8.10. The number of halogens is 5. The lowest BCUT2D eigenvalue weighted by atomic mass is 9.85. The molecule has 0 aliphatic heterocycles. The Morgan fingerprint density at radius 3 is 2.08 bits per heavy atom. The first-order chi connectivity index (χ1) is 17.0. The summed E-state index contributed by atoms with van der Waals surface area (Å²) in [7, 11) is 0. The molecule has 0 heterocycles. The molecule has 0 fully saturated rings. The average Bonchev–Trinajstić information content (AvgIpc) is 2.82. The molecule has 0 bridgehead atoms. The fourth-order valence-electron chi connectivity index (χ4n) is 3.73. The van der Waals surface area contributed by atoms with Gasteiger partial charge < -0.3 is 36.8 Å². The van der Waals surface area contributed by atoms with Gasteiger partial charge >= 0.3 is 6.18 Å². The van der Waals surface area contributed by atoms with Crippen LogP contribution in [0.4, 0.5) is 18.9 Å². The van der Waals surface area contributed by atoms with E-state index in [-0.39, 0.29) is 30.1 Å². The summed E-state index contributed by atoms with van der Waals surface area (Å²) in [5.74, 6) is 0. The van der Waals surface area contributed by atoms with Crippen molar-refractivity contribution in [2.24, 2.45) is 0 Å². The topological polar surface area (TPSA) is 131 Å². The summed E-state index contributed by atoms with van der Waals surface area (Å²) in [5.41, 5.74) is 2.08. The van der Waals surface area contributed by atoms with Crippen LogP contribution in [0, 0.1) is 0 Å². The number of hydrogen-bond acceptors (Lipinski definition) is 7. The van der Waals surface area contributed by atoms with Crippen molar-refractivity contribution in [3.63, 3.8) is 0 Å². The van der Waals surface area contributed by atoms with Gasteiger partial charge in [0.1, 0.15) is 0 Å². The molecule has 0 saturated carbocycles. The first-order valence-corrected chi connectivity index (χ1v) is 12.3. The van der Waals surface area contributed by atoms with Crippen LogP contribution in [0.3, 0.4) is 0 Å². The van der Waals surface area contributed by atoms with Crippen molar-refractivity contribution in [1.29, 1.82) is 0 Å². The van der Waals surface area contributed by atoms with E-state index in [1.807, 2.05) is 0 Å². The van der Waals surface area contributed by atoms with Crippen LogP contribution in [-0.4, -0.2) is 57.3 Å². The van der Waals surface area contributed by atoms with Crippen LogP contribution in [0.1, 0.15) is 56.1 Å². The number of rotatable bonds is 12. The van der Waals surface area contributed by atoms with Crippen LogP contribution >= 0.6 is 23.2 Å². The molecule has 0 aromatic heterocycles. The third-order valence-corrected chi connectivity index (χ3v) is 7.06. The lowest BCUT2D eigenvalue weighted by Crippen LogP contribution is -2.57. The third-order valence-electron chi connectivity index (χ3n) is 6.41. The van der Waals surface area contributed by atoms with E-state index < -0.39 is 53.4 Å². The zero-order chi connectivity index (χ0) is 28.2. The zero-order valence-electron chi connectivity index (χ0n) is 20.8. The Kier molecular flexibility index (Phi) is 10.7. The smallest absolute Gasteiger partial charge is 0.397 e. The van der Waals surface area contributed by atoms with Crippen molar-refractivity contribution in [2.45, 2.75) is 62.8 Å². The minimum atomic E-state index is -4.75. The van der Waals surface area contributed by atoms with Gasteiger partial charge in [-0.1, -0.05) is 41.4 Å². The molecule has 0 amide bonds. The Labute approximate surface area is 224 Å². The van der Waals surface area contributed by atoms with Gasteiger partial charge in [0.15, 0.2) is 0 Å². The van der Waals surface area contributed by atoms with Crippen molar-refractivity contribution in [3.8, 4) is 0 Å². The number of nitrogen functional groups attached to an aromatic ring is 1. The van der Waals surface area contributed by atoms with Gasteiger partial charge in [-0.3, -0.25) is 0 Å². The number of alkyl halides is 3. The van der Waals surface area contributed by atoms with Gasteiger partial charge in [-0.2, -0.15) is 13.2 Å². The monoisotopic (exact) mass is 567 g/mol. The summed E-state index contributed by atoms with van der Waals surface area (Å²) in [6.45, 7) is 4.47. The summed E-state index contributed by atoms with van der Waals surface area (Å²) in [4.78, 5) is 0. The summed E-state index contributed by atoms with van der Waals surface area (Å²) >= 11 is 12.0. The molecule has 12 heteroatoms. The minimum Gasteiger partial charge on any atom is -0.397 e. The highest BCUT2D eigenvalue weighted by Gasteiger charge is 2.37. The second-order valence-electron chi connectivity index (χ2n) is 9.94. The number of β-amino-alcohol motifs (C(OH)–C–C–N with tert-alkyl or cyclic N) is 2. The van der Waals surface area contributed by atoms with Crippen molar-refractivity contribution < 1.29 is 33.6 Å². The Bertz CT molecular complexity index is 1060. The molecular weight excluding hydrogens is 534 g/mol. The zero-order valence-corrected chi connectivity index (χ0v) is 22.3. The van der Waals surface area contributed by atoms with Gasteiger partial charge in [0.25, 0.3) is 0 Å². The number of aliphatic hydroxyl groups is 4. The summed E-state index contributed by atoms with van der Waals surface area (Å²) < 4.78 is 39.8. The third kappa shape index (κ3) is 8.43. The number of nitrogens with one attached hydrogen (secondary N) is 2. The molecule has 4 unspecified atom stereocenters. The molecule has 0 aliphatic carbocycles. The van der Waals surface area contributed by atoms with Crippen LogP contribution in [-0.2, 0) is 6.18 Å². The second kappa shape index (κ2) is 12.5. The maximum atomic E-state index is 13.3. The van der Waals surface area contributed by atoms with Crippen LogP contribution in [0.25, 0.3) is 0 Å². The predicted octanol–water partition coefficient (Wildman–Crippen LogP) is 3.82. The Balaban J connectivity index is 2.04. The summed E-state index contributed by atoms with van der Waals surface area (Å²) in [5, 5.41) is 48.0. The normalized spacial score (nSPS) is 16.8. The predicted molar refractivity (Wildman–Crippen MR) is 138 cm³/mol. The van der Waals surface area contributed by atoms with E-state index in [0.29, 0.717) is 10.6 Å². The molecule has 37 heavy (non-hydrogen) atoms. The highest BCUT2D eigenvalue weighted by atomic mass is 35.5. The molecule has 2 aromatic rings. The first-order valence-electron chi connectivity index (χ1n) is 11.6. The van der Waals surface area contributed by atoms with Gasteiger partial charge in [-0.05, 0) is 51.0 Å². The van der Waals surface area contributed by atoms with Crippen molar-refractivity contribution in [2.75, 3.05) is 25.4 Å². The van der Waals surface area contributed by atoms with Crippen LogP contribution in [0.2, 0.25) is 10.0 Å². The molecule has 4 atom stereocenters. The van der Waals surface area contributed by atoms with Crippen LogP contribution in [0.5, 0.6) is 0 Å². The minimum absolute atomic E-state index is 0.00863. The number of aliphatic hydroxyl groups excluding tert-OH is 4. The van der Waals surface area contributed by atoms with Gasteiger partial charge in [-0.25, -0.2) is 0 Å². The number of hydrogen-bond donors (Lipinski definition) is 7. The van der Waals surface area contributed by atoms with Gasteiger partial charge in [-0.15, -0.1) is 0 Å². The Morgan fingerprint density at radius 2 is 1.51 bits per heavy atom. The molecule has 208 valence electrons. The standard InChI is InChI=1S/C25H34Cl2F3N3O4/c1-23(2,32-12-20(36)15-6-4-5-7-17(15)26)21(37)10-24(3,13-34)33-11-19(35)14-8-16(25(28,29)30)22(31)18(27)9-14/h4-9,19-21,32-37H,10-13,31H2,1-3H3. The number of anilines is 1. The lowest BCUT2D eigenvalue weighted by Gasteiger charge is -2.39. The molecule has 8 N–H and O–H groups in total. The van der Waals surface area contributed by atoms with Crippen LogP contribution < -0.4 is 16.4 Å². The molecule has 0 saturated heterocycles. The van der Waals surface area contributed by atoms with E-state index in [0.717, 1.165) is 12.1 Å². The average molecular weight is 568 g/mol. The molecule has 0 aliphatic rings. The summed E-state index contributed by atoms with van der Waals surface area (Å²) in [6, 6.07) is 8.74. The lowest BCUT2D eigenvalue weighted by molar-refractivity contribution is -0.137. The quantitative estimate of drug-likeness (QED) is 0.194. The highest BCUT2D eigenvalue weighted by Crippen LogP contribution is 2.39. The first kappa shape index (κ1) is 31.6. The molecule has 2 rings (SSSR count). The van der Waals surface area contributed by atoms with Gasteiger partial charge in [0.05, 0.1) is 41.2 Å². The van der Waals surface area contributed by atoms with Crippen molar-refractivity contribution in [1.82, 2.24) is 10.6 Å². The molecular formula is C25H34Cl2F3N3O4. The van der Waals surface area contributed by atoms with Gasteiger partial charge in [0.2, 0.25) is 0 Å². The van der Waals surface area contributed by atoms with E-state index in [4.69, 9.17) is 28.9 Å². The van der Waals surface area contributed by atoms with Crippen molar-refractivity contribution >= 4 is 28.9 Å². The molecule has 0 radical (unpaired) electrons. The van der Waals surface area contributed by atoms with E-state index in [1.165, 1.54) is 0 Å². The fourth-order valence-corrected chi connectivity index (χ4v) is 4.22. The Hall–Kier alpha value is -1.63. The van der Waals surface area contributed by atoms with E-state index in [2.05, 4.69) is 10.6 Å². The largest absolute Gasteiger partial charge is 0.418 e. The van der Waals surface area contributed by atoms with Gasteiger partial charge in [0, 0.05) is 34.8 Å². The second-order valence-corrected chi connectivity index (χ2v) is 10.8. The highest BCUT2D eigenvalue weighted by molar-refractivity contribution is 6.33. The fraction of sp³-hybridized carbons (Fsp3) is 0.520. The maximum absolute atomic E-state index is 13.3. The van der Waals surface area contributed by atoms with E-state index in [9.17, 15) is 33.6 Å². The number of nitrogens with two attached hydrogens (primary N) is 1.